The van der Waals surface area contributed by atoms with Crippen molar-refractivity contribution in [1.29, 1.82) is 0 Å². The molecule has 22 heavy (non-hydrogen) atoms. The van der Waals surface area contributed by atoms with E-state index in [1.807, 2.05) is 0 Å². The van der Waals surface area contributed by atoms with Crippen LogP contribution in [-0.4, -0.2) is 14.4 Å². The van der Waals surface area contributed by atoms with E-state index in [0.29, 0.717) is 5.56 Å². The third kappa shape index (κ3) is 3.60. The average Bonchev–Trinajstić information content (AvgIpc) is 2.54. The molecule has 0 aliphatic carbocycles. The van der Waals surface area contributed by atoms with Crippen molar-refractivity contribution >= 4 is 16.1 Å². The second-order valence-corrected chi connectivity index (χ2v) is 6.10. The highest BCUT2D eigenvalue weighted by Crippen LogP contribution is 2.20. The third-order valence-electron chi connectivity index (χ3n) is 3.01. The van der Waals surface area contributed by atoms with Gasteiger partial charge in [-0.2, -0.15) is 8.42 Å². The van der Waals surface area contributed by atoms with Crippen molar-refractivity contribution in [3.05, 3.63) is 78.4 Å². The molecule has 6 heteroatoms. The monoisotopic (exact) mass is 317 g/mol. The number of carbonyl (C=O) groups is 1. The van der Waals surface area contributed by atoms with Gasteiger partial charge in [-0.25, -0.2) is 4.79 Å². The average molecular weight is 317 g/mol. The first-order valence-electron chi connectivity index (χ1n) is 6.45. The highest BCUT2D eigenvalue weighted by molar-refractivity contribution is 7.87. The normalized spacial score (nSPS) is 12.4. The Labute approximate surface area is 129 Å². The van der Waals surface area contributed by atoms with Gasteiger partial charge < -0.3 is 9.92 Å². The van der Waals surface area contributed by atoms with E-state index in [-0.39, 0.29) is 10.5 Å². The summed E-state index contributed by atoms with van der Waals surface area (Å²) in [7, 11) is -4.19. The van der Waals surface area contributed by atoms with E-state index in [9.17, 15) is 13.2 Å². The third-order valence-corrected chi connectivity index (χ3v) is 4.23. The van der Waals surface area contributed by atoms with Crippen molar-refractivity contribution in [2.75, 3.05) is 0 Å². The Morgan fingerprint density at radius 1 is 1.00 bits per heavy atom. The van der Waals surface area contributed by atoms with Crippen LogP contribution in [0.2, 0.25) is 0 Å². The molecule has 0 bridgehead atoms. The van der Waals surface area contributed by atoms with Crippen LogP contribution in [0.15, 0.2) is 77.7 Å². The maximum atomic E-state index is 12.0. The molecule has 2 N–H and O–H groups in total. The first-order chi connectivity index (χ1) is 10.4. The zero-order valence-corrected chi connectivity index (χ0v) is 12.5. The molecule has 2 aromatic carbocycles. The van der Waals surface area contributed by atoms with Crippen molar-refractivity contribution in [2.45, 2.75) is 10.9 Å². The van der Waals surface area contributed by atoms with E-state index in [1.165, 1.54) is 24.3 Å². The van der Waals surface area contributed by atoms with Gasteiger partial charge in [-0.3, -0.25) is 0 Å². The fraction of sp³-hybridized carbons (Fsp3) is 0.0625. The largest absolute Gasteiger partial charge is 0.351 e. The minimum absolute atomic E-state index is 0.107. The number of hydrogen-bond acceptors (Lipinski definition) is 5. The summed E-state index contributed by atoms with van der Waals surface area (Å²) < 4.78 is 28.5. The van der Waals surface area contributed by atoms with E-state index in [2.05, 4.69) is 10.8 Å². The SMILES string of the molecule is C=C(C(=O)OS(=O)(=O)c1ccccc1)C(N)c1ccccc1. The fourth-order valence-corrected chi connectivity index (χ4v) is 2.67. The predicted molar refractivity (Wildman–Crippen MR) is 82.2 cm³/mol. The van der Waals surface area contributed by atoms with Gasteiger partial charge in [0.25, 0.3) is 0 Å². The van der Waals surface area contributed by atoms with Gasteiger partial charge in [-0.05, 0) is 17.7 Å². The summed E-state index contributed by atoms with van der Waals surface area (Å²) in [5, 5.41) is 0. The predicted octanol–water partition coefficient (Wildman–Crippen LogP) is 2.17. The molecule has 1 unspecified atom stereocenters. The van der Waals surface area contributed by atoms with Gasteiger partial charge in [0.2, 0.25) is 0 Å². The van der Waals surface area contributed by atoms with E-state index in [4.69, 9.17) is 5.73 Å². The highest BCUT2D eigenvalue weighted by Gasteiger charge is 2.25. The summed E-state index contributed by atoms with van der Waals surface area (Å²) in [6.07, 6.45) is 0. The molecule has 5 nitrogen and oxygen atoms in total. The molecule has 0 aliphatic rings. The number of nitrogens with two attached hydrogens (primary N) is 1. The van der Waals surface area contributed by atoms with Gasteiger partial charge in [-0.15, -0.1) is 0 Å². The Kier molecular flexibility index (Phi) is 4.75. The minimum Gasteiger partial charge on any atom is -0.338 e. The molecule has 0 spiro atoms. The van der Waals surface area contributed by atoms with Crippen molar-refractivity contribution < 1.29 is 17.4 Å². The molecule has 0 amide bonds. The van der Waals surface area contributed by atoms with Crippen LogP contribution in [0.1, 0.15) is 11.6 Å². The van der Waals surface area contributed by atoms with Crippen molar-refractivity contribution in [3.8, 4) is 0 Å². The molecule has 0 aromatic heterocycles. The minimum atomic E-state index is -4.19. The van der Waals surface area contributed by atoms with Crippen LogP contribution in [0, 0.1) is 0 Å². The summed E-state index contributed by atoms with van der Waals surface area (Å²) >= 11 is 0. The van der Waals surface area contributed by atoms with Crippen LogP contribution in [0.5, 0.6) is 0 Å². The van der Waals surface area contributed by atoms with E-state index in [1.54, 1.807) is 36.4 Å². The van der Waals surface area contributed by atoms with Crippen LogP contribution in [-0.2, 0) is 19.1 Å². The molecule has 1 atom stereocenters. The maximum absolute atomic E-state index is 12.0. The smallest absolute Gasteiger partial charge is 0.338 e. The Morgan fingerprint density at radius 2 is 1.50 bits per heavy atom. The summed E-state index contributed by atoms with van der Waals surface area (Å²) in [5.74, 6) is -1.07. The zero-order chi connectivity index (χ0) is 16.2. The van der Waals surface area contributed by atoms with Gasteiger partial charge >= 0.3 is 16.1 Å². The number of rotatable bonds is 5. The second-order valence-electron chi connectivity index (χ2n) is 4.55. The molecule has 0 saturated carbocycles. The van der Waals surface area contributed by atoms with Crippen LogP contribution < -0.4 is 5.73 Å². The Hall–Kier alpha value is -2.44. The van der Waals surface area contributed by atoms with E-state index >= 15 is 0 Å². The van der Waals surface area contributed by atoms with Gasteiger partial charge in [-0.1, -0.05) is 55.1 Å². The van der Waals surface area contributed by atoms with Crippen molar-refractivity contribution in [1.82, 2.24) is 0 Å². The summed E-state index contributed by atoms with van der Waals surface area (Å²) in [6.45, 7) is 3.54. The number of carbonyl (C=O) groups excluding carboxylic acids is 1. The molecule has 0 radical (unpaired) electrons. The molecular formula is C16H15NO4S. The number of benzene rings is 2. The van der Waals surface area contributed by atoms with Crippen LogP contribution in [0.4, 0.5) is 0 Å². The van der Waals surface area contributed by atoms with Crippen molar-refractivity contribution in [2.24, 2.45) is 5.73 Å². The first kappa shape index (κ1) is 15.9. The summed E-state index contributed by atoms with van der Waals surface area (Å²) in [6, 6.07) is 15.3. The lowest BCUT2D eigenvalue weighted by atomic mass is 10.0. The topological polar surface area (TPSA) is 86.5 Å². The zero-order valence-electron chi connectivity index (χ0n) is 11.7. The molecule has 2 rings (SSSR count). The van der Waals surface area contributed by atoms with E-state index in [0.717, 1.165) is 0 Å². The summed E-state index contributed by atoms with van der Waals surface area (Å²) in [4.78, 5) is 11.9. The molecule has 0 aliphatic heterocycles. The van der Waals surface area contributed by atoms with Gasteiger partial charge in [0.1, 0.15) is 4.90 Å². The highest BCUT2D eigenvalue weighted by atomic mass is 32.2. The van der Waals surface area contributed by atoms with Crippen LogP contribution in [0.25, 0.3) is 0 Å². The molecule has 0 saturated heterocycles. The lowest BCUT2D eigenvalue weighted by Gasteiger charge is -2.14. The van der Waals surface area contributed by atoms with Gasteiger partial charge in [0, 0.05) is 0 Å². The first-order valence-corrected chi connectivity index (χ1v) is 7.86. The molecular weight excluding hydrogens is 302 g/mol. The molecule has 2 aromatic rings. The second kappa shape index (κ2) is 6.55. The quantitative estimate of drug-likeness (QED) is 0.674. The Morgan fingerprint density at radius 3 is 2.05 bits per heavy atom. The van der Waals surface area contributed by atoms with Crippen molar-refractivity contribution in [3.63, 3.8) is 0 Å². The molecule has 114 valence electrons. The Bertz CT molecular complexity index is 770. The lowest BCUT2D eigenvalue weighted by Crippen LogP contribution is -2.22. The molecule has 0 heterocycles. The van der Waals surface area contributed by atoms with Gasteiger partial charge in [0.05, 0.1) is 11.6 Å². The Balaban J connectivity index is 2.14. The van der Waals surface area contributed by atoms with Crippen LogP contribution in [0.3, 0.4) is 0 Å². The lowest BCUT2D eigenvalue weighted by molar-refractivity contribution is -0.129. The summed E-state index contributed by atoms with van der Waals surface area (Å²) in [5.41, 5.74) is 6.41. The van der Waals surface area contributed by atoms with Gasteiger partial charge in [0.15, 0.2) is 0 Å². The fourth-order valence-electron chi connectivity index (χ4n) is 1.78. The molecule has 0 fully saturated rings. The maximum Gasteiger partial charge on any atom is 0.351 e. The standard InChI is InChI=1S/C16H15NO4S/c1-12(15(17)13-8-4-2-5-9-13)16(18)21-22(19,20)14-10-6-3-7-11-14/h2-11,15H,1,17H2. The van der Waals surface area contributed by atoms with E-state index < -0.39 is 22.1 Å². The van der Waals surface area contributed by atoms with Crippen LogP contribution >= 0.6 is 0 Å². The number of hydrogen-bond donors (Lipinski definition) is 1.